The third-order valence-corrected chi connectivity index (χ3v) is 5.97. The first-order valence-electron chi connectivity index (χ1n) is 10.8. The predicted molar refractivity (Wildman–Crippen MR) is 123 cm³/mol. The summed E-state index contributed by atoms with van der Waals surface area (Å²) < 4.78 is 5.46. The average molecular weight is 406 g/mol. The van der Waals surface area contributed by atoms with Crippen molar-refractivity contribution in [1.29, 1.82) is 0 Å². The molecule has 0 spiro atoms. The van der Waals surface area contributed by atoms with Crippen molar-refractivity contribution in [2.75, 3.05) is 30.9 Å². The number of carbonyl (C=O) groups excluding carboxylic acids is 1. The zero-order valence-electron chi connectivity index (χ0n) is 17.9. The minimum atomic E-state index is -0.0348. The first-order valence-corrected chi connectivity index (χ1v) is 10.8. The number of hydrogen-bond acceptors (Lipinski definition) is 4. The summed E-state index contributed by atoms with van der Waals surface area (Å²) in [5.74, 6) is -0.0348. The molecule has 2 aliphatic heterocycles. The van der Waals surface area contributed by atoms with Crippen molar-refractivity contribution in [2.24, 2.45) is 0 Å². The van der Waals surface area contributed by atoms with E-state index < -0.39 is 0 Å². The molecule has 4 rings (SSSR count). The summed E-state index contributed by atoms with van der Waals surface area (Å²) in [4.78, 5) is 15.3. The molecule has 0 radical (unpaired) electrons. The monoisotopic (exact) mass is 405 g/mol. The SMILES string of the molecule is CC1CC(C(=O)Nc2ccc(CN(C)C3CCOCC3)cc2)=Cc2ccccc2N1. The summed E-state index contributed by atoms with van der Waals surface area (Å²) in [6.45, 7) is 4.72. The minimum absolute atomic E-state index is 0.0348. The van der Waals surface area contributed by atoms with Crippen LogP contribution in [0.3, 0.4) is 0 Å². The number of nitrogens with one attached hydrogen (secondary N) is 2. The number of nitrogens with zero attached hydrogens (tertiary/aromatic N) is 1. The summed E-state index contributed by atoms with van der Waals surface area (Å²) in [6.07, 6.45) is 4.87. The van der Waals surface area contributed by atoms with Gasteiger partial charge in [-0.2, -0.15) is 0 Å². The molecule has 5 nitrogen and oxygen atoms in total. The Labute approximate surface area is 179 Å². The van der Waals surface area contributed by atoms with Gasteiger partial charge in [0, 0.05) is 48.8 Å². The molecule has 30 heavy (non-hydrogen) atoms. The fourth-order valence-electron chi connectivity index (χ4n) is 4.25. The van der Waals surface area contributed by atoms with Crippen molar-refractivity contribution in [2.45, 2.75) is 44.8 Å². The first-order chi connectivity index (χ1) is 14.6. The number of rotatable bonds is 5. The molecule has 0 aliphatic carbocycles. The number of hydrogen-bond donors (Lipinski definition) is 2. The fraction of sp³-hybridized carbons (Fsp3) is 0.400. The highest BCUT2D eigenvalue weighted by Crippen LogP contribution is 2.26. The molecule has 1 atom stereocenters. The van der Waals surface area contributed by atoms with E-state index in [1.165, 1.54) is 5.56 Å². The maximum atomic E-state index is 12.9. The second-order valence-electron chi connectivity index (χ2n) is 8.42. The fourth-order valence-corrected chi connectivity index (χ4v) is 4.25. The van der Waals surface area contributed by atoms with Crippen molar-refractivity contribution < 1.29 is 9.53 Å². The molecule has 2 aliphatic rings. The molecule has 2 aromatic carbocycles. The Kier molecular flexibility index (Phi) is 6.50. The maximum Gasteiger partial charge on any atom is 0.251 e. The zero-order chi connectivity index (χ0) is 20.9. The number of carbonyl (C=O) groups is 1. The van der Waals surface area contributed by atoms with Gasteiger partial charge in [-0.05, 0) is 68.6 Å². The van der Waals surface area contributed by atoms with Crippen LogP contribution in [-0.4, -0.2) is 43.2 Å². The van der Waals surface area contributed by atoms with Crippen molar-refractivity contribution in [3.05, 3.63) is 65.2 Å². The number of amides is 1. The number of para-hydroxylation sites is 1. The van der Waals surface area contributed by atoms with E-state index in [1.54, 1.807) is 0 Å². The van der Waals surface area contributed by atoms with Gasteiger partial charge in [-0.25, -0.2) is 0 Å². The standard InChI is InChI=1S/C25H31N3O2/c1-18-15-21(16-20-5-3-4-6-24(20)26-18)25(29)27-22-9-7-19(8-10-22)17-28(2)23-11-13-30-14-12-23/h3-10,16,18,23,26H,11-15,17H2,1-2H3,(H,27,29). The van der Waals surface area contributed by atoms with Crippen LogP contribution < -0.4 is 10.6 Å². The number of anilines is 2. The van der Waals surface area contributed by atoms with Gasteiger partial charge >= 0.3 is 0 Å². The van der Waals surface area contributed by atoms with Crippen LogP contribution in [0.25, 0.3) is 6.08 Å². The van der Waals surface area contributed by atoms with Gasteiger partial charge in [0.1, 0.15) is 0 Å². The van der Waals surface area contributed by atoms with Crippen molar-refractivity contribution in [3.8, 4) is 0 Å². The molecule has 1 saturated heterocycles. The van der Waals surface area contributed by atoms with Crippen LogP contribution in [0.1, 0.15) is 37.3 Å². The van der Waals surface area contributed by atoms with Gasteiger partial charge in [0.05, 0.1) is 0 Å². The molecule has 1 unspecified atom stereocenters. The van der Waals surface area contributed by atoms with E-state index >= 15 is 0 Å². The van der Waals surface area contributed by atoms with E-state index in [1.807, 2.05) is 36.4 Å². The van der Waals surface area contributed by atoms with Gasteiger partial charge in [-0.3, -0.25) is 9.69 Å². The first kappa shape index (κ1) is 20.6. The van der Waals surface area contributed by atoms with Crippen LogP contribution in [0.2, 0.25) is 0 Å². The smallest absolute Gasteiger partial charge is 0.251 e. The van der Waals surface area contributed by atoms with Gasteiger partial charge in [-0.15, -0.1) is 0 Å². The molecule has 0 saturated carbocycles. The van der Waals surface area contributed by atoms with Gasteiger partial charge in [0.15, 0.2) is 0 Å². The van der Waals surface area contributed by atoms with Crippen LogP contribution in [0.15, 0.2) is 54.1 Å². The second-order valence-corrected chi connectivity index (χ2v) is 8.42. The Morgan fingerprint density at radius 3 is 2.63 bits per heavy atom. The molecule has 2 aromatic rings. The van der Waals surface area contributed by atoms with Crippen molar-refractivity contribution in [3.63, 3.8) is 0 Å². The van der Waals surface area contributed by atoms with Crippen LogP contribution in [0.4, 0.5) is 11.4 Å². The molecular formula is C25H31N3O2. The summed E-state index contributed by atoms with van der Waals surface area (Å²) in [6, 6.07) is 17.1. The van der Waals surface area contributed by atoms with Gasteiger partial charge in [-0.1, -0.05) is 30.3 Å². The van der Waals surface area contributed by atoms with Crippen molar-refractivity contribution >= 4 is 23.4 Å². The highest BCUT2D eigenvalue weighted by Gasteiger charge is 2.20. The lowest BCUT2D eigenvalue weighted by Crippen LogP contribution is -2.36. The summed E-state index contributed by atoms with van der Waals surface area (Å²) >= 11 is 0. The van der Waals surface area contributed by atoms with Gasteiger partial charge < -0.3 is 15.4 Å². The lowest BCUT2D eigenvalue weighted by atomic mass is 10.0. The molecule has 5 heteroatoms. The Hall–Kier alpha value is -2.63. The van der Waals surface area contributed by atoms with Crippen LogP contribution in [0.5, 0.6) is 0 Å². The van der Waals surface area contributed by atoms with Gasteiger partial charge in [0.25, 0.3) is 5.91 Å². The summed E-state index contributed by atoms with van der Waals surface area (Å²) in [7, 11) is 2.18. The summed E-state index contributed by atoms with van der Waals surface area (Å²) in [5.41, 5.74) is 5.01. The predicted octanol–water partition coefficient (Wildman–Crippen LogP) is 4.52. The molecule has 0 bridgehead atoms. The highest BCUT2D eigenvalue weighted by molar-refractivity contribution is 6.07. The van der Waals surface area contributed by atoms with E-state index in [0.29, 0.717) is 12.5 Å². The Morgan fingerprint density at radius 2 is 1.87 bits per heavy atom. The van der Waals surface area contributed by atoms with Crippen molar-refractivity contribution in [1.82, 2.24) is 4.90 Å². The van der Waals surface area contributed by atoms with Crippen LogP contribution >= 0.6 is 0 Å². The quantitative estimate of drug-likeness (QED) is 0.768. The van der Waals surface area contributed by atoms with E-state index in [9.17, 15) is 4.79 Å². The maximum absolute atomic E-state index is 12.9. The van der Waals surface area contributed by atoms with Gasteiger partial charge in [0.2, 0.25) is 0 Å². The lowest BCUT2D eigenvalue weighted by Gasteiger charge is -2.31. The third kappa shape index (κ3) is 5.10. The molecular weight excluding hydrogens is 374 g/mol. The molecule has 0 aromatic heterocycles. The Balaban J connectivity index is 1.39. The second kappa shape index (κ2) is 9.45. The Morgan fingerprint density at radius 1 is 1.13 bits per heavy atom. The number of ether oxygens (including phenoxy) is 1. The van der Waals surface area contributed by atoms with Crippen LogP contribution in [0, 0.1) is 0 Å². The normalized spacial score (nSPS) is 19.4. The highest BCUT2D eigenvalue weighted by atomic mass is 16.5. The molecule has 1 amide bonds. The molecule has 2 heterocycles. The largest absolute Gasteiger partial charge is 0.382 e. The van der Waals surface area contributed by atoms with E-state index in [4.69, 9.17) is 4.74 Å². The Bertz CT molecular complexity index is 901. The van der Waals surface area contributed by atoms with E-state index in [2.05, 4.69) is 47.7 Å². The van der Waals surface area contributed by atoms with E-state index in [0.717, 1.165) is 55.1 Å². The molecule has 2 N–H and O–H groups in total. The number of benzene rings is 2. The third-order valence-electron chi connectivity index (χ3n) is 5.97. The molecule has 1 fully saturated rings. The summed E-state index contributed by atoms with van der Waals surface area (Å²) in [5, 5.41) is 6.55. The zero-order valence-corrected chi connectivity index (χ0v) is 17.9. The van der Waals surface area contributed by atoms with E-state index in [-0.39, 0.29) is 11.9 Å². The average Bonchev–Trinajstić information content (AvgIpc) is 2.93. The minimum Gasteiger partial charge on any atom is -0.382 e. The number of fused-ring (bicyclic) bond motifs is 1. The van der Waals surface area contributed by atoms with Crippen LogP contribution in [-0.2, 0) is 16.1 Å². The molecule has 158 valence electrons. The topological polar surface area (TPSA) is 53.6 Å². The lowest BCUT2D eigenvalue weighted by molar-refractivity contribution is -0.112.